The van der Waals surface area contributed by atoms with Gasteiger partial charge in [-0.25, -0.2) is 0 Å². The molecule has 27 heavy (non-hydrogen) atoms. The van der Waals surface area contributed by atoms with E-state index in [1.165, 1.54) is 19.4 Å². The molecule has 1 N–H and O–H groups in total. The highest BCUT2D eigenvalue weighted by atomic mass is 16.5. The third kappa shape index (κ3) is 5.84. The van der Waals surface area contributed by atoms with Crippen molar-refractivity contribution in [3.8, 4) is 11.5 Å². The fraction of sp³-hybridized carbons (Fsp3) is 0.667. The van der Waals surface area contributed by atoms with E-state index < -0.39 is 0 Å². The van der Waals surface area contributed by atoms with Crippen molar-refractivity contribution in [2.45, 2.75) is 44.6 Å². The van der Waals surface area contributed by atoms with Gasteiger partial charge >= 0.3 is 0 Å². The molecular formula is C21H32N2O4. The van der Waals surface area contributed by atoms with E-state index in [0.717, 1.165) is 39.0 Å². The number of ether oxygens (including phenoxy) is 3. The Balaban J connectivity index is 1.47. The SMILES string of the molecule is COc1cc(NC(=O)CCC2CCCN(C3CCOCC3)C2)cc(OC)c1. The average molecular weight is 376 g/mol. The molecule has 0 bridgehead atoms. The molecule has 0 aliphatic carbocycles. The number of amides is 1. The molecular weight excluding hydrogens is 344 g/mol. The number of rotatable bonds is 7. The summed E-state index contributed by atoms with van der Waals surface area (Å²) in [5.74, 6) is 1.99. The standard InChI is InChI=1S/C21H32N2O4/c1-25-19-12-17(13-20(14-19)26-2)22-21(24)6-5-16-4-3-9-23(15-16)18-7-10-27-11-8-18/h12-14,16,18H,3-11,15H2,1-2H3,(H,22,24). The topological polar surface area (TPSA) is 60.0 Å². The number of nitrogens with zero attached hydrogens (tertiary/aromatic N) is 1. The highest BCUT2D eigenvalue weighted by molar-refractivity contribution is 5.91. The maximum Gasteiger partial charge on any atom is 0.224 e. The number of carbonyl (C=O) groups is 1. The quantitative estimate of drug-likeness (QED) is 0.791. The molecule has 2 aliphatic rings. The number of nitrogens with one attached hydrogen (secondary N) is 1. The van der Waals surface area contributed by atoms with Crippen molar-refractivity contribution < 1.29 is 19.0 Å². The van der Waals surface area contributed by atoms with Crippen LogP contribution in [0.15, 0.2) is 18.2 Å². The molecule has 6 heteroatoms. The number of benzene rings is 1. The fourth-order valence-corrected chi connectivity index (χ4v) is 4.15. The zero-order valence-electron chi connectivity index (χ0n) is 16.5. The van der Waals surface area contributed by atoms with Crippen molar-refractivity contribution in [2.75, 3.05) is 45.8 Å². The van der Waals surface area contributed by atoms with Crippen LogP contribution in [0.3, 0.4) is 0 Å². The third-order valence-corrected chi connectivity index (χ3v) is 5.67. The van der Waals surface area contributed by atoms with Gasteiger partial charge < -0.3 is 19.5 Å². The Morgan fingerprint density at radius 2 is 1.85 bits per heavy atom. The summed E-state index contributed by atoms with van der Waals surface area (Å²) in [4.78, 5) is 15.0. The lowest BCUT2D eigenvalue weighted by molar-refractivity contribution is -0.116. The summed E-state index contributed by atoms with van der Waals surface area (Å²) < 4.78 is 16.0. The lowest BCUT2D eigenvalue weighted by Gasteiger charge is -2.40. The van der Waals surface area contributed by atoms with Gasteiger partial charge in [0.2, 0.25) is 5.91 Å². The zero-order valence-corrected chi connectivity index (χ0v) is 16.5. The first-order valence-electron chi connectivity index (χ1n) is 10.0. The number of piperidine rings is 1. The van der Waals surface area contributed by atoms with Gasteiger partial charge in [-0.05, 0) is 44.6 Å². The fourth-order valence-electron chi connectivity index (χ4n) is 4.15. The largest absolute Gasteiger partial charge is 0.497 e. The van der Waals surface area contributed by atoms with Crippen LogP contribution in [0.2, 0.25) is 0 Å². The van der Waals surface area contributed by atoms with Crippen molar-refractivity contribution >= 4 is 11.6 Å². The minimum atomic E-state index is 0.0495. The molecule has 1 amide bonds. The molecule has 0 radical (unpaired) electrons. The molecule has 0 saturated carbocycles. The van der Waals surface area contributed by atoms with Crippen LogP contribution >= 0.6 is 0 Å². The van der Waals surface area contributed by atoms with E-state index in [1.54, 1.807) is 20.3 Å². The molecule has 0 spiro atoms. The highest BCUT2D eigenvalue weighted by Crippen LogP contribution is 2.28. The lowest BCUT2D eigenvalue weighted by Crippen LogP contribution is -2.45. The highest BCUT2D eigenvalue weighted by Gasteiger charge is 2.27. The number of methoxy groups -OCH3 is 2. The number of hydrogen-bond acceptors (Lipinski definition) is 5. The lowest BCUT2D eigenvalue weighted by atomic mass is 9.91. The smallest absolute Gasteiger partial charge is 0.224 e. The number of hydrogen-bond donors (Lipinski definition) is 1. The van der Waals surface area contributed by atoms with Crippen molar-refractivity contribution in [2.24, 2.45) is 5.92 Å². The van der Waals surface area contributed by atoms with Gasteiger partial charge in [0.25, 0.3) is 0 Å². The van der Waals surface area contributed by atoms with Crippen LogP contribution in [-0.2, 0) is 9.53 Å². The molecule has 6 nitrogen and oxygen atoms in total. The second-order valence-electron chi connectivity index (χ2n) is 7.53. The van der Waals surface area contributed by atoms with E-state index in [0.29, 0.717) is 35.6 Å². The number of carbonyl (C=O) groups excluding carboxylic acids is 1. The van der Waals surface area contributed by atoms with Gasteiger partial charge in [0, 0.05) is 56.1 Å². The molecule has 3 rings (SSSR count). The normalized spacial score (nSPS) is 21.6. The number of likely N-dealkylation sites (tertiary alicyclic amines) is 1. The van der Waals surface area contributed by atoms with Gasteiger partial charge in [0.05, 0.1) is 14.2 Å². The molecule has 150 valence electrons. The monoisotopic (exact) mass is 376 g/mol. The van der Waals surface area contributed by atoms with Crippen molar-refractivity contribution in [3.63, 3.8) is 0 Å². The average Bonchev–Trinajstić information content (AvgIpc) is 2.72. The molecule has 0 aromatic heterocycles. The Hall–Kier alpha value is -1.79. The number of anilines is 1. The molecule has 2 aliphatic heterocycles. The van der Waals surface area contributed by atoms with Gasteiger partial charge in [0.15, 0.2) is 0 Å². The first-order valence-corrected chi connectivity index (χ1v) is 10.0. The Bertz CT molecular complexity index is 594. The van der Waals surface area contributed by atoms with Crippen LogP contribution in [0.5, 0.6) is 11.5 Å². The minimum absolute atomic E-state index is 0.0495. The van der Waals surface area contributed by atoms with E-state index in [9.17, 15) is 4.79 Å². The molecule has 2 saturated heterocycles. The molecule has 1 aromatic rings. The predicted molar refractivity (Wildman–Crippen MR) is 106 cm³/mol. The summed E-state index contributed by atoms with van der Waals surface area (Å²) in [6.07, 6.45) is 6.23. The van der Waals surface area contributed by atoms with Crippen molar-refractivity contribution in [3.05, 3.63) is 18.2 Å². The summed E-state index contributed by atoms with van der Waals surface area (Å²) in [6.45, 7) is 4.08. The van der Waals surface area contributed by atoms with Crippen LogP contribution in [0.1, 0.15) is 38.5 Å². The first-order chi connectivity index (χ1) is 13.2. The third-order valence-electron chi connectivity index (χ3n) is 5.67. The second kappa shape index (κ2) is 9.95. The summed E-state index contributed by atoms with van der Waals surface area (Å²) in [6, 6.07) is 6.09. The van der Waals surface area contributed by atoms with Crippen LogP contribution in [0.4, 0.5) is 5.69 Å². The van der Waals surface area contributed by atoms with E-state index in [4.69, 9.17) is 14.2 Å². The Morgan fingerprint density at radius 1 is 1.15 bits per heavy atom. The van der Waals surface area contributed by atoms with E-state index >= 15 is 0 Å². The van der Waals surface area contributed by atoms with E-state index in [-0.39, 0.29) is 5.91 Å². The van der Waals surface area contributed by atoms with Crippen molar-refractivity contribution in [1.82, 2.24) is 4.90 Å². The van der Waals surface area contributed by atoms with Crippen molar-refractivity contribution in [1.29, 1.82) is 0 Å². The van der Waals surface area contributed by atoms with Gasteiger partial charge in [-0.2, -0.15) is 0 Å². The minimum Gasteiger partial charge on any atom is -0.497 e. The summed E-state index contributed by atoms with van der Waals surface area (Å²) in [7, 11) is 3.21. The second-order valence-corrected chi connectivity index (χ2v) is 7.53. The Labute approximate surface area is 162 Å². The first kappa shape index (κ1) is 20.0. The zero-order chi connectivity index (χ0) is 19.1. The van der Waals surface area contributed by atoms with Crippen LogP contribution in [-0.4, -0.2) is 57.4 Å². The van der Waals surface area contributed by atoms with E-state index in [1.807, 2.05) is 12.1 Å². The van der Waals surface area contributed by atoms with Gasteiger partial charge in [-0.1, -0.05) is 0 Å². The predicted octanol–water partition coefficient (Wildman–Crippen LogP) is 3.31. The van der Waals surface area contributed by atoms with Crippen LogP contribution in [0.25, 0.3) is 0 Å². The van der Waals surface area contributed by atoms with Crippen LogP contribution < -0.4 is 14.8 Å². The van der Waals surface area contributed by atoms with Gasteiger partial charge in [-0.15, -0.1) is 0 Å². The molecule has 1 atom stereocenters. The van der Waals surface area contributed by atoms with Gasteiger partial charge in [-0.3, -0.25) is 9.69 Å². The maximum absolute atomic E-state index is 12.4. The maximum atomic E-state index is 12.4. The molecule has 1 aromatic carbocycles. The van der Waals surface area contributed by atoms with Gasteiger partial charge in [0.1, 0.15) is 11.5 Å². The van der Waals surface area contributed by atoms with E-state index in [2.05, 4.69) is 10.2 Å². The Morgan fingerprint density at radius 3 is 2.52 bits per heavy atom. The summed E-state index contributed by atoms with van der Waals surface area (Å²) in [5, 5.41) is 2.98. The molecule has 2 heterocycles. The molecule has 1 unspecified atom stereocenters. The van der Waals surface area contributed by atoms with Crippen LogP contribution in [0, 0.1) is 5.92 Å². The summed E-state index contributed by atoms with van der Waals surface area (Å²) in [5.41, 5.74) is 0.712. The molecule has 2 fully saturated rings. The summed E-state index contributed by atoms with van der Waals surface area (Å²) >= 11 is 0. The Kier molecular flexibility index (Phi) is 7.35.